The zero-order valence-electron chi connectivity index (χ0n) is 11.9. The molecule has 1 atom stereocenters. The quantitative estimate of drug-likeness (QED) is 0.821. The summed E-state index contributed by atoms with van der Waals surface area (Å²) in [5.74, 6) is 0.865. The average molecular weight is 296 g/mol. The van der Waals surface area contributed by atoms with E-state index in [1.165, 1.54) is 6.07 Å². The fourth-order valence-electron chi connectivity index (χ4n) is 2.23. The third-order valence-electron chi connectivity index (χ3n) is 3.37. The Morgan fingerprint density at radius 1 is 1.45 bits per heavy atom. The maximum Gasteiger partial charge on any atom is 0.222 e. The van der Waals surface area contributed by atoms with Gasteiger partial charge in [0.1, 0.15) is 5.82 Å². The first kappa shape index (κ1) is 15.3. The van der Waals surface area contributed by atoms with Crippen molar-refractivity contribution in [1.82, 2.24) is 10.6 Å². The maximum absolute atomic E-state index is 13.7. The molecule has 0 aliphatic carbocycles. The molecule has 1 aromatic carbocycles. The summed E-state index contributed by atoms with van der Waals surface area (Å²) in [6, 6.07) is 5.43. The summed E-state index contributed by atoms with van der Waals surface area (Å²) in [6.45, 7) is 5.05. The van der Waals surface area contributed by atoms with E-state index in [1.54, 1.807) is 17.8 Å². The predicted octanol–water partition coefficient (Wildman–Crippen LogP) is 2.72. The number of thioether (sulfide) groups is 1. The second kappa shape index (κ2) is 7.09. The van der Waals surface area contributed by atoms with Gasteiger partial charge in [-0.05, 0) is 23.8 Å². The Bertz CT molecular complexity index is 479. The van der Waals surface area contributed by atoms with Gasteiger partial charge in [0, 0.05) is 29.9 Å². The Balaban J connectivity index is 1.86. The Morgan fingerprint density at radius 3 is 3.00 bits per heavy atom. The van der Waals surface area contributed by atoms with Crippen molar-refractivity contribution in [3.63, 3.8) is 0 Å². The standard InChI is InChI=1S/C15H21FN2OS/c1-10(2)15(19)18-8-7-17-13-6-9-20-14-11(13)4-3-5-12(14)16/h3-5,10,13,17H,6-9H2,1-2H3,(H,18,19). The molecule has 0 radical (unpaired) electrons. The SMILES string of the molecule is CC(C)C(=O)NCCNC1CCSc2c(F)cccc21. The van der Waals surface area contributed by atoms with E-state index in [1.807, 2.05) is 19.9 Å². The first-order chi connectivity index (χ1) is 9.59. The molecule has 0 saturated heterocycles. The van der Waals surface area contributed by atoms with Crippen LogP contribution in [-0.4, -0.2) is 24.7 Å². The molecule has 0 bridgehead atoms. The van der Waals surface area contributed by atoms with Crippen LogP contribution in [0.4, 0.5) is 4.39 Å². The van der Waals surface area contributed by atoms with Crippen LogP contribution in [0.5, 0.6) is 0 Å². The van der Waals surface area contributed by atoms with Gasteiger partial charge >= 0.3 is 0 Å². The number of amides is 1. The monoisotopic (exact) mass is 296 g/mol. The third kappa shape index (κ3) is 3.73. The van der Waals surface area contributed by atoms with Crippen molar-refractivity contribution in [3.05, 3.63) is 29.6 Å². The summed E-state index contributed by atoms with van der Waals surface area (Å²) in [6.07, 6.45) is 0.985. The molecule has 0 spiro atoms. The molecule has 0 aromatic heterocycles. The summed E-state index contributed by atoms with van der Waals surface area (Å²) < 4.78 is 13.7. The number of fused-ring (bicyclic) bond motifs is 1. The molecule has 3 nitrogen and oxygen atoms in total. The van der Waals surface area contributed by atoms with Crippen molar-refractivity contribution in [1.29, 1.82) is 0 Å². The van der Waals surface area contributed by atoms with Crippen molar-refractivity contribution >= 4 is 17.7 Å². The minimum Gasteiger partial charge on any atom is -0.355 e. The maximum atomic E-state index is 13.7. The molecular formula is C15H21FN2OS. The number of rotatable bonds is 5. The molecule has 1 unspecified atom stereocenters. The fraction of sp³-hybridized carbons (Fsp3) is 0.533. The lowest BCUT2D eigenvalue weighted by Crippen LogP contribution is -2.36. The molecule has 1 amide bonds. The molecule has 0 saturated carbocycles. The largest absolute Gasteiger partial charge is 0.355 e. The van der Waals surface area contributed by atoms with E-state index in [9.17, 15) is 9.18 Å². The molecule has 1 aliphatic rings. The molecule has 1 heterocycles. The van der Waals surface area contributed by atoms with Gasteiger partial charge in [0.05, 0.1) is 0 Å². The molecule has 2 rings (SSSR count). The summed E-state index contributed by atoms with van der Waals surface area (Å²) in [5, 5.41) is 6.28. The average Bonchev–Trinajstić information content (AvgIpc) is 2.44. The Labute approximate surface area is 123 Å². The van der Waals surface area contributed by atoms with Gasteiger partial charge in [0.25, 0.3) is 0 Å². The summed E-state index contributed by atoms with van der Waals surface area (Å²) in [5.41, 5.74) is 1.04. The smallest absolute Gasteiger partial charge is 0.222 e. The highest BCUT2D eigenvalue weighted by Crippen LogP contribution is 2.37. The zero-order chi connectivity index (χ0) is 14.5. The number of nitrogens with one attached hydrogen (secondary N) is 2. The van der Waals surface area contributed by atoms with E-state index in [0.717, 1.165) is 22.6 Å². The van der Waals surface area contributed by atoms with Crippen LogP contribution in [0.1, 0.15) is 31.9 Å². The van der Waals surface area contributed by atoms with E-state index >= 15 is 0 Å². The normalized spacial score (nSPS) is 17.9. The molecule has 20 heavy (non-hydrogen) atoms. The molecule has 2 N–H and O–H groups in total. The second-order valence-corrected chi connectivity index (χ2v) is 6.35. The lowest BCUT2D eigenvalue weighted by atomic mass is 10.0. The fourth-order valence-corrected chi connectivity index (χ4v) is 3.38. The van der Waals surface area contributed by atoms with Crippen LogP contribution in [0, 0.1) is 11.7 Å². The lowest BCUT2D eigenvalue weighted by molar-refractivity contribution is -0.123. The van der Waals surface area contributed by atoms with Crippen LogP contribution < -0.4 is 10.6 Å². The van der Waals surface area contributed by atoms with Crippen molar-refractivity contribution in [3.8, 4) is 0 Å². The van der Waals surface area contributed by atoms with E-state index in [-0.39, 0.29) is 23.7 Å². The van der Waals surface area contributed by atoms with Gasteiger partial charge in [0.2, 0.25) is 5.91 Å². The Morgan fingerprint density at radius 2 is 2.25 bits per heavy atom. The summed E-state index contributed by atoms with van der Waals surface area (Å²) in [4.78, 5) is 12.2. The molecule has 1 aromatic rings. The van der Waals surface area contributed by atoms with Crippen LogP contribution in [-0.2, 0) is 4.79 Å². The molecule has 1 aliphatic heterocycles. The van der Waals surface area contributed by atoms with Crippen molar-refractivity contribution < 1.29 is 9.18 Å². The number of carbonyl (C=O) groups is 1. The molecular weight excluding hydrogens is 275 g/mol. The van der Waals surface area contributed by atoms with Gasteiger partial charge in [0.15, 0.2) is 0 Å². The molecule has 110 valence electrons. The number of benzene rings is 1. The number of hydrogen-bond donors (Lipinski definition) is 2. The van der Waals surface area contributed by atoms with Crippen LogP contribution in [0.25, 0.3) is 0 Å². The topological polar surface area (TPSA) is 41.1 Å². The summed E-state index contributed by atoms with van der Waals surface area (Å²) >= 11 is 1.58. The highest BCUT2D eigenvalue weighted by Gasteiger charge is 2.22. The van der Waals surface area contributed by atoms with Crippen molar-refractivity contribution in [2.24, 2.45) is 5.92 Å². The van der Waals surface area contributed by atoms with E-state index in [2.05, 4.69) is 10.6 Å². The summed E-state index contributed by atoms with van der Waals surface area (Å²) in [7, 11) is 0. The molecule has 5 heteroatoms. The van der Waals surface area contributed by atoms with Gasteiger partial charge < -0.3 is 10.6 Å². The zero-order valence-corrected chi connectivity index (χ0v) is 12.7. The third-order valence-corrected chi connectivity index (χ3v) is 4.52. The highest BCUT2D eigenvalue weighted by atomic mass is 32.2. The first-order valence-electron chi connectivity index (χ1n) is 7.02. The number of halogens is 1. The number of carbonyl (C=O) groups excluding carboxylic acids is 1. The lowest BCUT2D eigenvalue weighted by Gasteiger charge is -2.26. The van der Waals surface area contributed by atoms with Crippen molar-refractivity contribution in [2.45, 2.75) is 31.2 Å². The van der Waals surface area contributed by atoms with E-state index in [0.29, 0.717) is 13.1 Å². The molecule has 0 fully saturated rings. The highest BCUT2D eigenvalue weighted by molar-refractivity contribution is 7.99. The van der Waals surface area contributed by atoms with Gasteiger partial charge in [-0.3, -0.25) is 4.79 Å². The van der Waals surface area contributed by atoms with Gasteiger partial charge in [-0.2, -0.15) is 0 Å². The van der Waals surface area contributed by atoms with Crippen LogP contribution in [0.15, 0.2) is 23.1 Å². The van der Waals surface area contributed by atoms with Gasteiger partial charge in [-0.1, -0.05) is 26.0 Å². The minimum atomic E-state index is -0.132. The predicted molar refractivity (Wildman–Crippen MR) is 80.3 cm³/mol. The van der Waals surface area contributed by atoms with Crippen LogP contribution in [0.3, 0.4) is 0 Å². The first-order valence-corrected chi connectivity index (χ1v) is 8.00. The van der Waals surface area contributed by atoms with E-state index < -0.39 is 0 Å². The van der Waals surface area contributed by atoms with E-state index in [4.69, 9.17) is 0 Å². The second-order valence-electron chi connectivity index (χ2n) is 5.25. The van der Waals surface area contributed by atoms with Crippen molar-refractivity contribution in [2.75, 3.05) is 18.8 Å². The Kier molecular flexibility index (Phi) is 5.43. The van der Waals surface area contributed by atoms with Crippen LogP contribution >= 0.6 is 11.8 Å². The van der Waals surface area contributed by atoms with Gasteiger partial charge in [-0.25, -0.2) is 4.39 Å². The number of hydrogen-bond acceptors (Lipinski definition) is 3. The Hall–Kier alpha value is -1.07. The van der Waals surface area contributed by atoms with Gasteiger partial charge in [-0.15, -0.1) is 11.8 Å². The van der Waals surface area contributed by atoms with Crippen LogP contribution in [0.2, 0.25) is 0 Å². The minimum absolute atomic E-state index is 0.0101.